The summed E-state index contributed by atoms with van der Waals surface area (Å²) in [6, 6.07) is 15.7. The molecule has 0 fully saturated rings. The Bertz CT molecular complexity index is 1510. The van der Waals surface area contributed by atoms with Crippen LogP contribution in [-0.4, -0.2) is 46.1 Å². The zero-order chi connectivity index (χ0) is 19.4. The molecular weight excluding hydrogens is 368 g/mol. The van der Waals surface area contributed by atoms with E-state index in [0.717, 1.165) is 27.9 Å². The first-order valence-electron chi connectivity index (χ1n) is 8.99. The monoisotopic (exact) mass is 382 g/mol. The van der Waals surface area contributed by atoms with Gasteiger partial charge in [-0.05, 0) is 24.3 Å². The zero-order valence-electron chi connectivity index (χ0n) is 15.3. The third kappa shape index (κ3) is 2.12. The molecule has 4 heterocycles. The van der Waals surface area contributed by atoms with E-state index in [4.69, 9.17) is 4.74 Å². The number of aromatic nitrogens is 8. The van der Waals surface area contributed by atoms with Crippen LogP contribution in [0.3, 0.4) is 0 Å². The molecule has 0 saturated heterocycles. The molecule has 0 aliphatic heterocycles. The van der Waals surface area contributed by atoms with Crippen molar-refractivity contribution in [3.63, 3.8) is 0 Å². The Balaban J connectivity index is 1.71. The molecule has 0 bridgehead atoms. The van der Waals surface area contributed by atoms with Gasteiger partial charge in [-0.25, -0.2) is 9.67 Å². The van der Waals surface area contributed by atoms with Gasteiger partial charge in [0.25, 0.3) is 0 Å². The highest BCUT2D eigenvalue weighted by atomic mass is 16.5. The number of ether oxygens (including phenoxy) is 1. The van der Waals surface area contributed by atoms with Crippen molar-refractivity contribution in [3.05, 3.63) is 67.3 Å². The predicted octanol–water partition coefficient (Wildman–Crippen LogP) is 2.79. The third-order valence-corrected chi connectivity index (χ3v) is 5.01. The van der Waals surface area contributed by atoms with Crippen LogP contribution < -0.4 is 4.74 Å². The first-order chi connectivity index (χ1) is 14.4. The van der Waals surface area contributed by atoms with E-state index < -0.39 is 0 Å². The third-order valence-electron chi connectivity index (χ3n) is 5.01. The average Bonchev–Trinajstić information content (AvgIpc) is 3.52. The van der Waals surface area contributed by atoms with Crippen LogP contribution >= 0.6 is 0 Å². The maximum atomic E-state index is 5.50. The molecule has 0 radical (unpaired) electrons. The number of para-hydroxylation sites is 3. The molecule has 0 atom stereocenters. The molecule has 6 rings (SSSR count). The Morgan fingerprint density at radius 3 is 2.72 bits per heavy atom. The second-order valence-corrected chi connectivity index (χ2v) is 6.52. The fourth-order valence-electron chi connectivity index (χ4n) is 3.72. The quantitative estimate of drug-likeness (QED) is 0.468. The zero-order valence-corrected chi connectivity index (χ0v) is 15.3. The number of nitrogens with zero attached hydrogens (tertiary/aromatic N) is 8. The lowest BCUT2D eigenvalue weighted by Crippen LogP contribution is -2.05. The van der Waals surface area contributed by atoms with Crippen molar-refractivity contribution in [2.45, 2.75) is 0 Å². The first kappa shape index (κ1) is 15.8. The molecule has 0 aliphatic carbocycles. The number of rotatable bonds is 3. The molecule has 9 heteroatoms. The van der Waals surface area contributed by atoms with Crippen molar-refractivity contribution in [2.24, 2.45) is 0 Å². The van der Waals surface area contributed by atoms with Gasteiger partial charge < -0.3 is 4.74 Å². The maximum Gasteiger partial charge on any atom is 0.190 e. The van der Waals surface area contributed by atoms with Gasteiger partial charge in [0.1, 0.15) is 29.1 Å². The molecule has 0 saturated carbocycles. The summed E-state index contributed by atoms with van der Waals surface area (Å²) in [5.74, 6) is 1.31. The topological polar surface area (TPSA) is 87.4 Å². The fourth-order valence-corrected chi connectivity index (χ4v) is 3.72. The second-order valence-electron chi connectivity index (χ2n) is 6.52. The Morgan fingerprint density at radius 1 is 0.931 bits per heavy atom. The Hall–Kier alpha value is -4.27. The highest BCUT2D eigenvalue weighted by Gasteiger charge is 2.21. The van der Waals surface area contributed by atoms with Gasteiger partial charge in [0.05, 0.1) is 25.0 Å². The molecule has 140 valence electrons. The van der Waals surface area contributed by atoms with E-state index >= 15 is 0 Å². The van der Waals surface area contributed by atoms with E-state index in [1.165, 1.54) is 0 Å². The van der Waals surface area contributed by atoms with E-state index in [1.54, 1.807) is 30.5 Å². The van der Waals surface area contributed by atoms with Crippen LogP contribution in [0.15, 0.2) is 67.3 Å². The van der Waals surface area contributed by atoms with Gasteiger partial charge in [-0.2, -0.15) is 0 Å². The van der Waals surface area contributed by atoms with Gasteiger partial charge in [0.15, 0.2) is 11.5 Å². The van der Waals surface area contributed by atoms with Gasteiger partial charge in [-0.3, -0.25) is 8.80 Å². The van der Waals surface area contributed by atoms with Crippen molar-refractivity contribution in [1.82, 2.24) is 39.0 Å². The van der Waals surface area contributed by atoms with Crippen molar-refractivity contribution < 1.29 is 4.74 Å². The number of hydrogen-bond acceptors (Lipinski definition) is 6. The van der Waals surface area contributed by atoms with Crippen molar-refractivity contribution >= 4 is 22.2 Å². The number of hydrogen-bond donors (Lipinski definition) is 0. The second kappa shape index (κ2) is 5.86. The minimum absolute atomic E-state index is 0.618. The van der Waals surface area contributed by atoms with Crippen molar-refractivity contribution in [1.29, 1.82) is 0 Å². The average molecular weight is 382 g/mol. The van der Waals surface area contributed by atoms with Crippen LogP contribution in [0.2, 0.25) is 0 Å². The molecular formula is C20H14N8O. The lowest BCUT2D eigenvalue weighted by molar-refractivity contribution is 0.411. The molecule has 0 aliphatic rings. The molecule has 9 nitrogen and oxygen atoms in total. The summed E-state index contributed by atoms with van der Waals surface area (Å²) in [6.45, 7) is 0. The lowest BCUT2D eigenvalue weighted by Gasteiger charge is -2.10. The minimum Gasteiger partial charge on any atom is -0.494 e. The van der Waals surface area contributed by atoms with Crippen molar-refractivity contribution in [3.8, 4) is 23.0 Å². The number of imidazole rings is 1. The first-order valence-corrected chi connectivity index (χ1v) is 8.99. The summed E-state index contributed by atoms with van der Waals surface area (Å²) >= 11 is 0. The van der Waals surface area contributed by atoms with E-state index in [-0.39, 0.29) is 0 Å². The smallest absolute Gasteiger partial charge is 0.190 e. The van der Waals surface area contributed by atoms with Crippen LogP contribution in [0.1, 0.15) is 0 Å². The summed E-state index contributed by atoms with van der Waals surface area (Å²) in [6.07, 6.45) is 5.26. The largest absolute Gasteiger partial charge is 0.494 e. The number of benzene rings is 2. The Labute approximate surface area is 163 Å². The van der Waals surface area contributed by atoms with Crippen LogP contribution in [0, 0.1) is 0 Å². The Morgan fingerprint density at radius 2 is 1.79 bits per heavy atom. The standard InChI is InChI=1S/C20H14N8O/c1-29-17-9-5-4-8-15(17)28-16(10-22-25-28)20-24-23-19-13-6-2-3-7-14(13)26-12-21-11-18(26)27(19)20/h2-12H,1H3. The number of fused-ring (bicyclic) bond motifs is 6. The van der Waals surface area contributed by atoms with Crippen LogP contribution in [-0.2, 0) is 0 Å². The SMILES string of the molecule is COc1ccccc1-n1nncc1-c1nnc2c3ccccc3n3cncc3n12. The van der Waals surface area contributed by atoms with Gasteiger partial charge >= 0.3 is 0 Å². The van der Waals surface area contributed by atoms with Crippen LogP contribution in [0.25, 0.3) is 39.4 Å². The fraction of sp³-hybridized carbons (Fsp3) is 0.0500. The van der Waals surface area contributed by atoms with E-state index in [0.29, 0.717) is 17.3 Å². The molecule has 29 heavy (non-hydrogen) atoms. The molecule has 2 aromatic carbocycles. The molecule has 0 amide bonds. The van der Waals surface area contributed by atoms with E-state index in [1.807, 2.05) is 57.3 Å². The van der Waals surface area contributed by atoms with E-state index in [9.17, 15) is 0 Å². The normalized spacial score (nSPS) is 11.6. The molecule has 6 aromatic rings. The highest BCUT2D eigenvalue weighted by Crippen LogP contribution is 2.29. The van der Waals surface area contributed by atoms with Gasteiger partial charge in [0, 0.05) is 5.39 Å². The summed E-state index contributed by atoms with van der Waals surface area (Å²) in [7, 11) is 1.63. The molecule has 4 aromatic heterocycles. The summed E-state index contributed by atoms with van der Waals surface area (Å²) in [4.78, 5) is 4.34. The van der Waals surface area contributed by atoms with Gasteiger partial charge in [-0.15, -0.1) is 15.3 Å². The summed E-state index contributed by atoms with van der Waals surface area (Å²) in [5, 5.41) is 18.3. The predicted molar refractivity (Wildman–Crippen MR) is 106 cm³/mol. The molecule has 0 unspecified atom stereocenters. The van der Waals surface area contributed by atoms with Crippen LogP contribution in [0.5, 0.6) is 5.75 Å². The summed E-state index contributed by atoms with van der Waals surface area (Å²) < 4.78 is 11.2. The van der Waals surface area contributed by atoms with Gasteiger partial charge in [-0.1, -0.05) is 29.5 Å². The maximum absolute atomic E-state index is 5.50. The van der Waals surface area contributed by atoms with Gasteiger partial charge in [0.2, 0.25) is 0 Å². The number of methoxy groups -OCH3 is 1. The minimum atomic E-state index is 0.618. The highest BCUT2D eigenvalue weighted by molar-refractivity contribution is 5.94. The molecule has 0 N–H and O–H groups in total. The van der Waals surface area contributed by atoms with E-state index in [2.05, 4.69) is 25.5 Å². The Kier molecular flexibility index (Phi) is 3.19. The molecule has 0 spiro atoms. The van der Waals surface area contributed by atoms with Crippen LogP contribution in [0.4, 0.5) is 0 Å². The lowest BCUT2D eigenvalue weighted by atomic mass is 10.2. The summed E-state index contributed by atoms with van der Waals surface area (Å²) in [5.41, 5.74) is 4.08. The van der Waals surface area contributed by atoms with Crippen molar-refractivity contribution in [2.75, 3.05) is 7.11 Å².